The second kappa shape index (κ2) is 5.85. The van der Waals surface area contributed by atoms with Crippen LogP contribution < -0.4 is 0 Å². The highest BCUT2D eigenvalue weighted by molar-refractivity contribution is 7.89. The molecule has 1 aliphatic heterocycles. The summed E-state index contributed by atoms with van der Waals surface area (Å²) in [7, 11) is -3.12. The third-order valence-corrected chi connectivity index (χ3v) is 4.29. The first-order valence-corrected chi connectivity index (χ1v) is 8.64. The molecule has 1 aromatic carbocycles. The Kier molecular flexibility index (Phi) is 4.32. The van der Waals surface area contributed by atoms with Gasteiger partial charge in [0.1, 0.15) is 6.04 Å². The molecule has 1 aromatic rings. The summed E-state index contributed by atoms with van der Waals surface area (Å²) in [5.74, 6) is -1.40. The summed E-state index contributed by atoms with van der Waals surface area (Å²) in [4.78, 5) is 24.8. The number of nitrogens with zero attached hydrogens (tertiary/aromatic N) is 1. The highest BCUT2D eigenvalue weighted by Gasteiger charge is 2.34. The molecule has 1 saturated heterocycles. The molecule has 0 spiro atoms. The number of rotatable bonds is 4. The predicted molar refractivity (Wildman–Crippen MR) is 76.7 cm³/mol. The Labute approximate surface area is 123 Å². The summed E-state index contributed by atoms with van der Waals surface area (Å²) >= 11 is 0. The number of carboxylic acid groups (broad SMARTS) is 1. The first kappa shape index (κ1) is 15.5. The smallest absolute Gasteiger partial charge is 0.326 e. The molecule has 1 fully saturated rings. The molecule has 6 nitrogen and oxygen atoms in total. The first-order valence-electron chi connectivity index (χ1n) is 6.58. The maximum absolute atomic E-state index is 12.3. The van der Waals surface area contributed by atoms with E-state index in [1.807, 2.05) is 0 Å². The fourth-order valence-electron chi connectivity index (χ4n) is 2.48. The van der Waals surface area contributed by atoms with Gasteiger partial charge in [0.25, 0.3) is 5.91 Å². The molecule has 1 amide bonds. The fraction of sp³-hybridized carbons (Fsp3) is 0.429. The van der Waals surface area contributed by atoms with Crippen molar-refractivity contribution in [1.82, 2.24) is 4.90 Å². The van der Waals surface area contributed by atoms with Gasteiger partial charge < -0.3 is 10.0 Å². The average molecular weight is 311 g/mol. The Balaban J connectivity index is 2.15. The molecule has 1 heterocycles. The summed E-state index contributed by atoms with van der Waals surface area (Å²) in [5, 5.41) is 9.09. The molecular weight excluding hydrogens is 294 g/mol. The Morgan fingerprint density at radius 2 is 1.90 bits per heavy atom. The van der Waals surface area contributed by atoms with Gasteiger partial charge in [0, 0.05) is 18.4 Å². The maximum atomic E-state index is 12.3. The number of carboxylic acids is 1. The van der Waals surface area contributed by atoms with Crippen LogP contribution in [0.2, 0.25) is 0 Å². The number of hydrogen-bond donors (Lipinski definition) is 1. The molecule has 21 heavy (non-hydrogen) atoms. The lowest BCUT2D eigenvalue weighted by Crippen LogP contribution is -2.40. The summed E-state index contributed by atoms with van der Waals surface area (Å²) in [6, 6.07) is 5.48. The lowest BCUT2D eigenvalue weighted by molar-refractivity contribution is -0.141. The van der Waals surface area contributed by atoms with Crippen LogP contribution in [0.3, 0.4) is 0 Å². The molecule has 114 valence electrons. The highest BCUT2D eigenvalue weighted by Crippen LogP contribution is 2.20. The highest BCUT2D eigenvalue weighted by atomic mass is 32.2. The van der Waals surface area contributed by atoms with Crippen molar-refractivity contribution < 1.29 is 23.1 Å². The van der Waals surface area contributed by atoms with E-state index in [9.17, 15) is 18.0 Å². The Morgan fingerprint density at radius 3 is 2.43 bits per heavy atom. The average Bonchev–Trinajstić information content (AvgIpc) is 2.86. The largest absolute Gasteiger partial charge is 0.480 e. The van der Waals surface area contributed by atoms with Crippen LogP contribution in [0.5, 0.6) is 0 Å². The van der Waals surface area contributed by atoms with Gasteiger partial charge in [-0.3, -0.25) is 4.79 Å². The molecule has 1 unspecified atom stereocenters. The van der Waals surface area contributed by atoms with Crippen molar-refractivity contribution in [2.75, 3.05) is 12.8 Å². The van der Waals surface area contributed by atoms with Gasteiger partial charge in [-0.1, -0.05) is 12.1 Å². The second-order valence-corrected chi connectivity index (χ2v) is 7.40. The van der Waals surface area contributed by atoms with Crippen LogP contribution in [0.4, 0.5) is 0 Å². The number of benzene rings is 1. The molecule has 0 aliphatic carbocycles. The van der Waals surface area contributed by atoms with Gasteiger partial charge in [0.05, 0.1) is 5.75 Å². The molecule has 1 atom stereocenters. The number of carbonyl (C=O) groups excluding carboxylic acids is 1. The van der Waals surface area contributed by atoms with Gasteiger partial charge in [-0.15, -0.1) is 0 Å². The quantitative estimate of drug-likeness (QED) is 0.892. The van der Waals surface area contributed by atoms with Gasteiger partial charge >= 0.3 is 5.97 Å². The van der Waals surface area contributed by atoms with Crippen molar-refractivity contribution in [2.45, 2.75) is 24.6 Å². The third kappa shape index (κ3) is 3.81. The molecule has 0 aromatic heterocycles. The van der Waals surface area contributed by atoms with Crippen LogP contribution in [0.25, 0.3) is 0 Å². The van der Waals surface area contributed by atoms with Gasteiger partial charge in [0.15, 0.2) is 9.84 Å². The van der Waals surface area contributed by atoms with E-state index in [1.165, 1.54) is 4.90 Å². The van der Waals surface area contributed by atoms with Crippen LogP contribution >= 0.6 is 0 Å². The van der Waals surface area contributed by atoms with Crippen LogP contribution in [0, 0.1) is 0 Å². The van der Waals surface area contributed by atoms with Crippen molar-refractivity contribution in [3.8, 4) is 0 Å². The summed E-state index contributed by atoms with van der Waals surface area (Å²) in [6.07, 6.45) is 2.29. The third-order valence-electron chi connectivity index (χ3n) is 3.43. The minimum Gasteiger partial charge on any atom is -0.480 e. The normalized spacial score (nSPS) is 18.7. The number of hydrogen-bond acceptors (Lipinski definition) is 4. The zero-order valence-corrected chi connectivity index (χ0v) is 12.5. The molecular formula is C14H17NO5S. The molecule has 7 heteroatoms. The van der Waals surface area contributed by atoms with Crippen LogP contribution in [0.15, 0.2) is 24.3 Å². The van der Waals surface area contributed by atoms with Crippen molar-refractivity contribution in [1.29, 1.82) is 0 Å². The molecule has 0 radical (unpaired) electrons. The Morgan fingerprint density at radius 1 is 1.29 bits per heavy atom. The maximum Gasteiger partial charge on any atom is 0.326 e. The number of likely N-dealkylation sites (tertiary alicyclic amines) is 1. The van der Waals surface area contributed by atoms with Crippen LogP contribution in [0.1, 0.15) is 28.8 Å². The van der Waals surface area contributed by atoms with E-state index >= 15 is 0 Å². The van der Waals surface area contributed by atoms with E-state index in [0.717, 1.165) is 6.26 Å². The monoisotopic (exact) mass is 311 g/mol. The van der Waals surface area contributed by atoms with Gasteiger partial charge in [-0.25, -0.2) is 13.2 Å². The summed E-state index contributed by atoms with van der Waals surface area (Å²) in [5.41, 5.74) is 0.977. The minimum atomic E-state index is -3.12. The van der Waals surface area contributed by atoms with Crippen molar-refractivity contribution in [2.24, 2.45) is 0 Å². The molecule has 0 bridgehead atoms. The summed E-state index contributed by atoms with van der Waals surface area (Å²) < 4.78 is 22.4. The molecule has 1 N–H and O–H groups in total. The standard InChI is InChI=1S/C14H17NO5S/c1-21(19,20)9-10-4-6-11(7-5-10)13(16)15-8-2-3-12(15)14(17)18/h4-7,12H,2-3,8-9H2,1H3,(H,17,18). The van der Waals surface area contributed by atoms with Crippen molar-refractivity contribution in [3.05, 3.63) is 35.4 Å². The molecule has 0 saturated carbocycles. The Hall–Kier alpha value is -1.89. The number of aliphatic carboxylic acids is 1. The second-order valence-electron chi connectivity index (χ2n) is 5.26. The predicted octanol–water partition coefficient (Wildman–Crippen LogP) is 0.920. The zero-order valence-electron chi connectivity index (χ0n) is 11.7. The van der Waals surface area contributed by atoms with E-state index in [0.29, 0.717) is 30.5 Å². The van der Waals surface area contributed by atoms with Crippen LogP contribution in [-0.2, 0) is 20.4 Å². The minimum absolute atomic E-state index is 0.0804. The van der Waals surface area contributed by atoms with Gasteiger partial charge in [0.2, 0.25) is 0 Å². The lowest BCUT2D eigenvalue weighted by Gasteiger charge is -2.21. The van der Waals surface area contributed by atoms with Crippen molar-refractivity contribution >= 4 is 21.7 Å². The molecule has 1 aliphatic rings. The van der Waals surface area contributed by atoms with E-state index in [-0.39, 0.29) is 11.7 Å². The zero-order chi connectivity index (χ0) is 15.6. The number of sulfone groups is 1. The lowest BCUT2D eigenvalue weighted by atomic mass is 10.1. The van der Waals surface area contributed by atoms with Crippen LogP contribution in [-0.4, -0.2) is 49.1 Å². The van der Waals surface area contributed by atoms with Gasteiger partial charge in [-0.05, 0) is 30.5 Å². The Bertz CT molecular complexity index is 650. The summed E-state index contributed by atoms with van der Waals surface area (Å²) in [6.45, 7) is 0.431. The molecule has 2 rings (SSSR count). The van der Waals surface area contributed by atoms with Crippen molar-refractivity contribution in [3.63, 3.8) is 0 Å². The van der Waals surface area contributed by atoms with E-state index < -0.39 is 21.8 Å². The SMILES string of the molecule is CS(=O)(=O)Cc1ccc(C(=O)N2CCCC2C(=O)O)cc1. The van der Waals surface area contributed by atoms with E-state index in [4.69, 9.17) is 5.11 Å². The number of amides is 1. The number of carbonyl (C=O) groups is 2. The van der Waals surface area contributed by atoms with Gasteiger partial charge in [-0.2, -0.15) is 0 Å². The van der Waals surface area contributed by atoms with E-state index in [2.05, 4.69) is 0 Å². The fourth-order valence-corrected chi connectivity index (χ4v) is 3.28. The first-order chi connectivity index (χ1) is 9.78. The van der Waals surface area contributed by atoms with E-state index in [1.54, 1.807) is 24.3 Å². The topological polar surface area (TPSA) is 91.8 Å².